The summed E-state index contributed by atoms with van der Waals surface area (Å²) in [7, 11) is -3.76. The molecule has 0 N–H and O–H groups in total. The van der Waals surface area contributed by atoms with E-state index >= 15 is 0 Å². The number of hydrogen-bond donors (Lipinski definition) is 0. The second kappa shape index (κ2) is 6.31. The van der Waals surface area contributed by atoms with Crippen molar-refractivity contribution in [2.75, 3.05) is 0 Å². The Hall–Kier alpha value is -1.81. The van der Waals surface area contributed by atoms with Gasteiger partial charge < -0.3 is 4.18 Å². The third-order valence-corrected chi connectivity index (χ3v) is 4.91. The van der Waals surface area contributed by atoms with Crippen LogP contribution in [0, 0.1) is 5.92 Å². The standard InChI is InChI=1S/C17H20O3S/c1-13(2)14(3)15-9-11-16(12-10-15)20-21(18,19)17-7-5-4-6-8-17/h4-14H,1-3H3. The smallest absolute Gasteiger partial charge is 0.339 e. The van der Waals surface area contributed by atoms with Crippen LogP contribution >= 0.6 is 0 Å². The zero-order valence-electron chi connectivity index (χ0n) is 12.5. The molecule has 3 nitrogen and oxygen atoms in total. The van der Waals surface area contributed by atoms with E-state index in [1.54, 1.807) is 30.3 Å². The molecule has 1 atom stereocenters. The molecule has 2 aromatic rings. The van der Waals surface area contributed by atoms with E-state index in [1.165, 1.54) is 17.7 Å². The summed E-state index contributed by atoms with van der Waals surface area (Å²) in [5, 5.41) is 0. The maximum absolute atomic E-state index is 12.1. The lowest BCUT2D eigenvalue weighted by Gasteiger charge is -2.16. The normalized spacial score (nSPS) is 13.1. The first-order valence-corrected chi connectivity index (χ1v) is 8.40. The van der Waals surface area contributed by atoms with Gasteiger partial charge in [-0.3, -0.25) is 0 Å². The summed E-state index contributed by atoms with van der Waals surface area (Å²) in [5.74, 6) is 1.29. The van der Waals surface area contributed by atoms with Gasteiger partial charge in [0.25, 0.3) is 0 Å². The van der Waals surface area contributed by atoms with Crippen molar-refractivity contribution in [2.45, 2.75) is 31.6 Å². The minimum atomic E-state index is -3.76. The highest BCUT2D eigenvalue weighted by Crippen LogP contribution is 2.26. The molecule has 0 saturated carbocycles. The van der Waals surface area contributed by atoms with Crippen LogP contribution in [-0.4, -0.2) is 8.42 Å². The van der Waals surface area contributed by atoms with Crippen LogP contribution in [-0.2, 0) is 10.1 Å². The predicted octanol–water partition coefficient (Wildman–Crippen LogP) is 4.21. The molecule has 2 aromatic carbocycles. The van der Waals surface area contributed by atoms with E-state index in [1.807, 2.05) is 12.1 Å². The fraction of sp³-hybridized carbons (Fsp3) is 0.294. The maximum Gasteiger partial charge on any atom is 0.339 e. The van der Waals surface area contributed by atoms with Gasteiger partial charge in [-0.25, -0.2) is 0 Å². The van der Waals surface area contributed by atoms with E-state index in [-0.39, 0.29) is 4.90 Å². The van der Waals surface area contributed by atoms with E-state index < -0.39 is 10.1 Å². The van der Waals surface area contributed by atoms with E-state index in [9.17, 15) is 8.42 Å². The van der Waals surface area contributed by atoms with Crippen LogP contribution in [0.25, 0.3) is 0 Å². The van der Waals surface area contributed by atoms with Gasteiger partial charge in [-0.1, -0.05) is 51.1 Å². The summed E-state index contributed by atoms with van der Waals surface area (Å²) in [6, 6.07) is 15.4. The molecule has 0 spiro atoms. The topological polar surface area (TPSA) is 43.4 Å². The van der Waals surface area contributed by atoms with Crippen molar-refractivity contribution < 1.29 is 12.6 Å². The van der Waals surface area contributed by atoms with Gasteiger partial charge in [0.05, 0.1) is 0 Å². The molecule has 0 heterocycles. The van der Waals surface area contributed by atoms with E-state index in [4.69, 9.17) is 4.18 Å². The number of rotatable bonds is 5. The average Bonchev–Trinajstić information content (AvgIpc) is 2.48. The van der Waals surface area contributed by atoms with Crippen molar-refractivity contribution in [1.29, 1.82) is 0 Å². The molecule has 0 aliphatic carbocycles. The molecule has 2 rings (SSSR count). The molecule has 0 aliphatic heterocycles. The molecule has 0 amide bonds. The fourth-order valence-corrected chi connectivity index (χ4v) is 2.92. The summed E-state index contributed by atoms with van der Waals surface area (Å²) in [4.78, 5) is 0.157. The fourth-order valence-electron chi connectivity index (χ4n) is 1.97. The summed E-state index contributed by atoms with van der Waals surface area (Å²) in [5.41, 5.74) is 1.18. The Morgan fingerprint density at radius 2 is 1.43 bits per heavy atom. The lowest BCUT2D eigenvalue weighted by atomic mass is 9.90. The number of benzene rings is 2. The van der Waals surface area contributed by atoms with Crippen LogP contribution in [0.3, 0.4) is 0 Å². The van der Waals surface area contributed by atoms with Crippen LogP contribution < -0.4 is 4.18 Å². The zero-order chi connectivity index (χ0) is 15.5. The van der Waals surface area contributed by atoms with Crippen molar-refractivity contribution in [3.8, 4) is 5.75 Å². The van der Waals surface area contributed by atoms with Gasteiger partial charge in [-0.2, -0.15) is 8.42 Å². The van der Waals surface area contributed by atoms with Gasteiger partial charge in [-0.05, 0) is 41.7 Å². The van der Waals surface area contributed by atoms with Gasteiger partial charge in [0.15, 0.2) is 0 Å². The van der Waals surface area contributed by atoms with Gasteiger partial charge in [0.2, 0.25) is 0 Å². The maximum atomic E-state index is 12.1. The average molecular weight is 304 g/mol. The van der Waals surface area contributed by atoms with Crippen LogP contribution in [0.2, 0.25) is 0 Å². The highest BCUT2D eigenvalue weighted by atomic mass is 32.2. The lowest BCUT2D eigenvalue weighted by molar-refractivity contribution is 0.485. The highest BCUT2D eigenvalue weighted by molar-refractivity contribution is 7.87. The molecule has 0 aliphatic rings. The second-order valence-electron chi connectivity index (χ2n) is 5.45. The van der Waals surface area contributed by atoms with Gasteiger partial charge >= 0.3 is 10.1 Å². The largest absolute Gasteiger partial charge is 0.379 e. The summed E-state index contributed by atoms with van der Waals surface area (Å²) in [6.07, 6.45) is 0. The molecular weight excluding hydrogens is 284 g/mol. The Labute approximate surface area is 126 Å². The Bertz CT molecular complexity index is 674. The van der Waals surface area contributed by atoms with Crippen molar-refractivity contribution in [3.63, 3.8) is 0 Å². The minimum absolute atomic E-state index is 0.157. The molecule has 112 valence electrons. The summed E-state index contributed by atoms with van der Waals surface area (Å²) >= 11 is 0. The molecule has 4 heteroatoms. The van der Waals surface area contributed by atoms with Gasteiger partial charge in [0.1, 0.15) is 10.6 Å². The lowest BCUT2D eigenvalue weighted by Crippen LogP contribution is -2.09. The molecule has 0 aromatic heterocycles. The van der Waals surface area contributed by atoms with Crippen molar-refractivity contribution in [1.82, 2.24) is 0 Å². The molecule has 1 unspecified atom stereocenters. The second-order valence-corrected chi connectivity index (χ2v) is 7.00. The first-order chi connectivity index (χ1) is 9.90. The van der Waals surface area contributed by atoms with Crippen LogP contribution in [0.1, 0.15) is 32.3 Å². The molecule has 0 saturated heterocycles. The first-order valence-electron chi connectivity index (χ1n) is 6.99. The van der Waals surface area contributed by atoms with Crippen LogP contribution in [0.15, 0.2) is 59.5 Å². The monoisotopic (exact) mass is 304 g/mol. The molecule has 0 fully saturated rings. The first kappa shape index (κ1) is 15.6. The van der Waals surface area contributed by atoms with E-state index in [2.05, 4.69) is 20.8 Å². The zero-order valence-corrected chi connectivity index (χ0v) is 13.3. The Morgan fingerprint density at radius 3 is 1.95 bits per heavy atom. The third kappa shape index (κ3) is 3.85. The van der Waals surface area contributed by atoms with Crippen molar-refractivity contribution >= 4 is 10.1 Å². The Balaban J connectivity index is 2.17. The molecule has 0 radical (unpaired) electrons. The van der Waals surface area contributed by atoms with Crippen molar-refractivity contribution in [3.05, 3.63) is 60.2 Å². The Morgan fingerprint density at radius 1 is 0.857 bits per heavy atom. The summed E-state index contributed by atoms with van der Waals surface area (Å²) in [6.45, 7) is 6.48. The molecule has 21 heavy (non-hydrogen) atoms. The third-order valence-electron chi connectivity index (χ3n) is 3.64. The quantitative estimate of drug-likeness (QED) is 0.777. The SMILES string of the molecule is CC(C)C(C)c1ccc(OS(=O)(=O)c2ccccc2)cc1. The highest BCUT2D eigenvalue weighted by Gasteiger charge is 2.16. The molecular formula is C17H20O3S. The number of hydrogen-bond acceptors (Lipinski definition) is 3. The molecule has 0 bridgehead atoms. The predicted molar refractivity (Wildman–Crippen MR) is 84.0 cm³/mol. The van der Waals surface area contributed by atoms with E-state index in [0.29, 0.717) is 17.6 Å². The minimum Gasteiger partial charge on any atom is -0.379 e. The summed E-state index contributed by atoms with van der Waals surface area (Å²) < 4.78 is 29.4. The Kier molecular flexibility index (Phi) is 4.68. The van der Waals surface area contributed by atoms with Crippen LogP contribution in [0.5, 0.6) is 5.75 Å². The van der Waals surface area contributed by atoms with E-state index in [0.717, 1.165) is 0 Å². The van der Waals surface area contributed by atoms with Gasteiger partial charge in [0, 0.05) is 0 Å². The van der Waals surface area contributed by atoms with Crippen LogP contribution in [0.4, 0.5) is 0 Å². The van der Waals surface area contributed by atoms with Crippen molar-refractivity contribution in [2.24, 2.45) is 5.92 Å². The van der Waals surface area contributed by atoms with Gasteiger partial charge in [-0.15, -0.1) is 0 Å².